The van der Waals surface area contributed by atoms with Gasteiger partial charge in [-0.05, 0) is 35.9 Å². The number of hydrogen-bond acceptors (Lipinski definition) is 7. The number of benzene rings is 2. The van der Waals surface area contributed by atoms with Gasteiger partial charge in [0.05, 0.1) is 27.6 Å². The Morgan fingerprint density at radius 1 is 0.969 bits per heavy atom. The van der Waals surface area contributed by atoms with E-state index in [2.05, 4.69) is 0 Å². The third-order valence-electron chi connectivity index (χ3n) is 5.02. The Hall–Kier alpha value is -3.87. The lowest BCUT2D eigenvalue weighted by atomic mass is 9.92. The topological polar surface area (TPSA) is 92.0 Å². The number of Topliss-reactive ketones (excluding diaryl/α,β-unsaturated/α-hetero) is 1. The van der Waals surface area contributed by atoms with Crippen LogP contribution in [0, 0.1) is 0 Å². The summed E-state index contributed by atoms with van der Waals surface area (Å²) in [7, 11) is 4.43. The Morgan fingerprint density at radius 3 is 2.25 bits per heavy atom. The largest absolute Gasteiger partial charge is 0.493 e. The van der Waals surface area contributed by atoms with E-state index < -0.39 is 0 Å². The van der Waals surface area contributed by atoms with E-state index in [0.29, 0.717) is 51.5 Å². The summed E-state index contributed by atoms with van der Waals surface area (Å²) in [6, 6.07) is 11.9. The van der Waals surface area contributed by atoms with Crippen molar-refractivity contribution in [2.24, 2.45) is 0 Å². The molecule has 0 N–H and O–H groups in total. The van der Waals surface area contributed by atoms with E-state index in [4.69, 9.17) is 18.6 Å². The summed E-state index contributed by atoms with van der Waals surface area (Å²) < 4.78 is 21.5. The van der Waals surface area contributed by atoms with Crippen LogP contribution in [-0.2, 0) is 16.0 Å². The third kappa shape index (κ3) is 4.88. The third-order valence-corrected chi connectivity index (χ3v) is 5.02. The van der Waals surface area contributed by atoms with Crippen molar-refractivity contribution in [1.29, 1.82) is 0 Å². The number of rotatable bonds is 11. The van der Waals surface area contributed by atoms with Gasteiger partial charge in [-0.1, -0.05) is 12.1 Å². The van der Waals surface area contributed by atoms with E-state index in [1.54, 1.807) is 48.7 Å². The Morgan fingerprint density at radius 2 is 1.69 bits per heavy atom. The van der Waals surface area contributed by atoms with Gasteiger partial charge in [-0.3, -0.25) is 9.59 Å². The highest BCUT2D eigenvalue weighted by atomic mass is 16.5. The minimum atomic E-state index is -0.309. The molecule has 0 amide bonds. The van der Waals surface area contributed by atoms with Crippen LogP contribution in [0.1, 0.15) is 34.3 Å². The molecule has 0 aliphatic heterocycles. The van der Waals surface area contributed by atoms with Gasteiger partial charge in [0.15, 0.2) is 17.3 Å². The first-order valence-electron chi connectivity index (χ1n) is 9.99. The summed E-state index contributed by atoms with van der Waals surface area (Å²) in [5.74, 6) is 1.24. The Bertz CT molecular complexity index is 1090. The number of carbonyl (C=O) groups excluding carboxylic acids is 3. The lowest BCUT2D eigenvalue weighted by Gasteiger charge is -2.15. The van der Waals surface area contributed by atoms with Crippen molar-refractivity contribution in [3.8, 4) is 28.6 Å². The maximum atomic E-state index is 13.6. The molecule has 0 atom stereocenters. The maximum Gasteiger partial charge on any atom is 0.203 e. The standard InChI is InChI=1S/C25H24O7/c1-29-22-14-18(15-23(30-2)25(22)31-3)24(28)20-13-17(21-7-5-11-32-21)9-8-16(20)12-19(27)6-4-10-26/h5,7-11,13-15H,4,6,12H2,1-3H3. The van der Waals surface area contributed by atoms with Gasteiger partial charge in [0.1, 0.15) is 17.8 Å². The van der Waals surface area contributed by atoms with Crippen molar-refractivity contribution in [3.63, 3.8) is 0 Å². The quantitative estimate of drug-likeness (QED) is 0.327. The second kappa shape index (κ2) is 10.4. The van der Waals surface area contributed by atoms with Crippen molar-refractivity contribution in [2.75, 3.05) is 21.3 Å². The summed E-state index contributed by atoms with van der Waals surface area (Å²) >= 11 is 0. The van der Waals surface area contributed by atoms with Crippen LogP contribution in [0.5, 0.6) is 17.2 Å². The summed E-state index contributed by atoms with van der Waals surface area (Å²) in [5.41, 5.74) is 1.94. The maximum absolute atomic E-state index is 13.6. The summed E-state index contributed by atoms with van der Waals surface area (Å²) in [4.78, 5) is 36.5. The fourth-order valence-electron chi connectivity index (χ4n) is 3.43. The summed E-state index contributed by atoms with van der Waals surface area (Å²) in [6.07, 6.45) is 2.57. The molecule has 7 nitrogen and oxygen atoms in total. The first-order chi connectivity index (χ1) is 15.5. The molecule has 0 spiro atoms. The van der Waals surface area contributed by atoms with Crippen molar-refractivity contribution in [1.82, 2.24) is 0 Å². The fourth-order valence-corrected chi connectivity index (χ4v) is 3.43. The second-order valence-corrected chi connectivity index (χ2v) is 7.01. The van der Waals surface area contributed by atoms with E-state index in [9.17, 15) is 14.4 Å². The van der Waals surface area contributed by atoms with Crippen LogP contribution in [0.2, 0.25) is 0 Å². The van der Waals surface area contributed by atoms with Crippen LogP contribution in [0.3, 0.4) is 0 Å². The molecule has 0 unspecified atom stereocenters. The molecular weight excluding hydrogens is 412 g/mol. The van der Waals surface area contributed by atoms with Crippen LogP contribution < -0.4 is 14.2 Å². The van der Waals surface area contributed by atoms with Crippen molar-refractivity contribution < 1.29 is 33.0 Å². The van der Waals surface area contributed by atoms with Gasteiger partial charge < -0.3 is 23.4 Å². The molecule has 1 aromatic heterocycles. The Balaban J connectivity index is 2.09. The first-order valence-corrected chi connectivity index (χ1v) is 9.99. The van der Waals surface area contributed by atoms with E-state index in [-0.39, 0.29) is 30.8 Å². The molecule has 0 bridgehead atoms. The highest BCUT2D eigenvalue weighted by Crippen LogP contribution is 2.39. The van der Waals surface area contributed by atoms with E-state index in [0.717, 1.165) is 0 Å². The highest BCUT2D eigenvalue weighted by molar-refractivity contribution is 6.11. The van der Waals surface area contributed by atoms with Gasteiger partial charge in [0.25, 0.3) is 0 Å². The van der Waals surface area contributed by atoms with Gasteiger partial charge in [-0.2, -0.15) is 0 Å². The van der Waals surface area contributed by atoms with Crippen LogP contribution >= 0.6 is 0 Å². The average molecular weight is 436 g/mol. The van der Waals surface area contributed by atoms with E-state index >= 15 is 0 Å². The zero-order chi connectivity index (χ0) is 23.1. The molecule has 2 aromatic carbocycles. The zero-order valence-electron chi connectivity index (χ0n) is 18.2. The number of methoxy groups -OCH3 is 3. The number of ketones is 2. The molecule has 3 rings (SSSR count). The minimum Gasteiger partial charge on any atom is -0.493 e. The number of aldehydes is 1. The van der Waals surface area contributed by atoms with E-state index in [1.165, 1.54) is 21.3 Å². The Labute approximate surface area is 185 Å². The summed E-state index contributed by atoms with van der Waals surface area (Å²) in [5, 5.41) is 0. The first kappa shape index (κ1) is 22.8. The van der Waals surface area contributed by atoms with Crippen LogP contribution in [-0.4, -0.2) is 39.2 Å². The van der Waals surface area contributed by atoms with Crippen LogP contribution in [0.4, 0.5) is 0 Å². The molecule has 3 aromatic rings. The molecule has 0 saturated carbocycles. The number of ether oxygens (including phenoxy) is 3. The zero-order valence-corrected chi connectivity index (χ0v) is 18.2. The van der Waals surface area contributed by atoms with Crippen LogP contribution in [0.25, 0.3) is 11.3 Å². The molecule has 32 heavy (non-hydrogen) atoms. The SMILES string of the molecule is COc1cc(C(=O)c2cc(-c3ccco3)ccc2CC(=O)CCC=O)cc(OC)c1OC. The molecule has 166 valence electrons. The van der Waals surface area contributed by atoms with Crippen molar-refractivity contribution in [3.05, 3.63) is 65.4 Å². The molecule has 0 aliphatic rings. The molecule has 1 heterocycles. The van der Waals surface area contributed by atoms with E-state index in [1.807, 2.05) is 0 Å². The van der Waals surface area contributed by atoms with Gasteiger partial charge in [0, 0.05) is 36.0 Å². The monoisotopic (exact) mass is 436 g/mol. The lowest BCUT2D eigenvalue weighted by molar-refractivity contribution is -0.120. The smallest absolute Gasteiger partial charge is 0.203 e. The number of hydrogen-bond donors (Lipinski definition) is 0. The molecule has 0 saturated heterocycles. The predicted octanol–water partition coefficient (Wildman–Crippen LogP) is 4.29. The lowest BCUT2D eigenvalue weighted by Crippen LogP contribution is -2.11. The number of carbonyl (C=O) groups is 3. The summed E-state index contributed by atoms with van der Waals surface area (Å²) in [6.45, 7) is 0. The van der Waals surface area contributed by atoms with Crippen molar-refractivity contribution >= 4 is 17.9 Å². The fraction of sp³-hybridized carbons (Fsp3) is 0.240. The van der Waals surface area contributed by atoms with Crippen molar-refractivity contribution in [2.45, 2.75) is 19.3 Å². The average Bonchev–Trinajstić information content (AvgIpc) is 3.36. The number of furan rings is 1. The molecule has 0 aliphatic carbocycles. The van der Waals surface area contributed by atoms with Gasteiger partial charge in [-0.15, -0.1) is 0 Å². The second-order valence-electron chi connectivity index (χ2n) is 7.01. The normalized spacial score (nSPS) is 10.5. The predicted molar refractivity (Wildman–Crippen MR) is 118 cm³/mol. The highest BCUT2D eigenvalue weighted by Gasteiger charge is 2.22. The molecule has 7 heteroatoms. The molecular formula is C25H24O7. The Kier molecular flexibility index (Phi) is 7.44. The molecule has 0 fully saturated rings. The van der Waals surface area contributed by atoms with Gasteiger partial charge in [0.2, 0.25) is 5.75 Å². The van der Waals surface area contributed by atoms with Crippen LogP contribution in [0.15, 0.2) is 53.1 Å². The minimum absolute atomic E-state index is 0.0395. The van der Waals surface area contributed by atoms with Gasteiger partial charge in [-0.25, -0.2) is 0 Å². The molecule has 0 radical (unpaired) electrons. The van der Waals surface area contributed by atoms with Gasteiger partial charge >= 0.3 is 0 Å².